The Bertz CT molecular complexity index is 482. The Morgan fingerprint density at radius 2 is 2.17 bits per heavy atom. The molecule has 0 saturated heterocycles. The summed E-state index contributed by atoms with van der Waals surface area (Å²) in [6.07, 6.45) is 0.0893. The van der Waals surface area contributed by atoms with Crippen LogP contribution in [0.5, 0.6) is 0 Å². The molecule has 1 aromatic rings. The fraction of sp³-hybridized carbons (Fsp3) is 0.600. The van der Waals surface area contributed by atoms with Gasteiger partial charge >= 0.3 is 0 Å². The molecule has 0 aliphatic heterocycles. The largest absolute Gasteiger partial charge is 0.377 e. The second-order valence-corrected chi connectivity index (χ2v) is 8.98. The van der Waals surface area contributed by atoms with E-state index in [0.717, 1.165) is 11.3 Å². The molecule has 0 N–H and O–H groups in total. The Labute approximate surface area is 125 Å². The van der Waals surface area contributed by atoms with E-state index in [2.05, 4.69) is 15.9 Å². The molecule has 0 aromatic carbocycles. The highest BCUT2D eigenvalue weighted by molar-refractivity contribution is 9.11. The average molecular weight is 377 g/mol. The molecule has 1 rings (SSSR count). The molecular weight excluding hydrogens is 362 g/mol. The topological polar surface area (TPSA) is 46.6 Å². The fourth-order valence-electron chi connectivity index (χ4n) is 1.14. The van der Waals surface area contributed by atoms with Gasteiger partial charge < -0.3 is 4.74 Å². The molecule has 0 spiro atoms. The monoisotopic (exact) mass is 375 g/mol. The number of rotatable bonds is 6. The molecule has 8 heteroatoms. The van der Waals surface area contributed by atoms with E-state index in [4.69, 9.17) is 16.3 Å². The highest BCUT2D eigenvalue weighted by atomic mass is 79.9. The summed E-state index contributed by atoms with van der Waals surface area (Å²) < 4.78 is 31.8. The molecule has 0 aliphatic rings. The number of thiophene rings is 1. The maximum absolute atomic E-state index is 12.2. The van der Waals surface area contributed by atoms with E-state index in [1.807, 2.05) is 13.8 Å². The van der Waals surface area contributed by atoms with Crippen LogP contribution in [0.25, 0.3) is 0 Å². The predicted molar refractivity (Wildman–Crippen MR) is 77.9 cm³/mol. The Balaban J connectivity index is 2.74. The van der Waals surface area contributed by atoms with Crippen molar-refractivity contribution < 1.29 is 13.2 Å². The van der Waals surface area contributed by atoms with Gasteiger partial charge in [-0.15, -0.1) is 11.3 Å². The van der Waals surface area contributed by atoms with Crippen LogP contribution in [-0.2, 0) is 14.8 Å². The van der Waals surface area contributed by atoms with E-state index in [1.165, 1.54) is 17.4 Å². The third-order valence-corrected chi connectivity index (χ3v) is 6.93. The van der Waals surface area contributed by atoms with E-state index in [1.54, 1.807) is 0 Å². The molecule has 0 atom stereocenters. The molecule has 0 radical (unpaired) electrons. The van der Waals surface area contributed by atoms with Gasteiger partial charge in [-0.3, -0.25) is 0 Å². The molecule has 0 aliphatic carbocycles. The minimum absolute atomic E-state index is 0.0893. The smallest absolute Gasteiger partial charge is 0.252 e. The van der Waals surface area contributed by atoms with Gasteiger partial charge in [-0.25, -0.2) is 8.42 Å². The van der Waals surface area contributed by atoms with Gasteiger partial charge in [0.2, 0.25) is 0 Å². The lowest BCUT2D eigenvalue weighted by Gasteiger charge is -2.16. The summed E-state index contributed by atoms with van der Waals surface area (Å²) in [7, 11) is -1.95. The molecular formula is C10H15BrClNO3S2. The third kappa shape index (κ3) is 4.18. The van der Waals surface area contributed by atoms with Crippen molar-refractivity contribution in [2.24, 2.45) is 0 Å². The minimum atomic E-state index is -3.48. The lowest BCUT2D eigenvalue weighted by Crippen LogP contribution is -2.30. The molecule has 1 aromatic heterocycles. The summed E-state index contributed by atoms with van der Waals surface area (Å²) in [4.78, 5) is 0. The molecule has 104 valence electrons. The number of sulfonamides is 1. The van der Waals surface area contributed by atoms with Crippen molar-refractivity contribution in [3.05, 3.63) is 14.9 Å². The highest BCUT2D eigenvalue weighted by Gasteiger charge is 2.24. The predicted octanol–water partition coefficient (Wildman–Crippen LogP) is 3.21. The van der Waals surface area contributed by atoms with Gasteiger partial charge in [0.25, 0.3) is 10.0 Å². The Kier molecular flexibility index (Phi) is 6.08. The van der Waals surface area contributed by atoms with E-state index in [9.17, 15) is 8.42 Å². The van der Waals surface area contributed by atoms with E-state index in [0.29, 0.717) is 22.0 Å². The van der Waals surface area contributed by atoms with Crippen molar-refractivity contribution in [3.8, 4) is 0 Å². The summed E-state index contributed by atoms with van der Waals surface area (Å²) in [5, 5.41) is 0.408. The Morgan fingerprint density at radius 1 is 1.56 bits per heavy atom. The zero-order chi connectivity index (χ0) is 13.9. The van der Waals surface area contributed by atoms with Crippen molar-refractivity contribution in [3.63, 3.8) is 0 Å². The second-order valence-electron chi connectivity index (χ2n) is 3.93. The molecule has 0 bridgehead atoms. The van der Waals surface area contributed by atoms with Crippen LogP contribution in [0, 0.1) is 0 Å². The fourth-order valence-corrected chi connectivity index (χ4v) is 4.91. The summed E-state index contributed by atoms with van der Waals surface area (Å²) in [5.74, 6) is 0. The third-order valence-electron chi connectivity index (χ3n) is 2.14. The number of ether oxygens (including phenoxy) is 1. The SMILES string of the molecule is CC(C)OCCN(C)S(=O)(=O)c1cc(Cl)c(Br)s1. The maximum atomic E-state index is 12.2. The van der Waals surface area contributed by atoms with Crippen molar-refractivity contribution in [1.29, 1.82) is 0 Å². The van der Waals surface area contributed by atoms with Crippen LogP contribution in [0.1, 0.15) is 13.8 Å². The molecule has 18 heavy (non-hydrogen) atoms. The van der Waals surface area contributed by atoms with Gasteiger partial charge in [-0.1, -0.05) is 11.6 Å². The van der Waals surface area contributed by atoms with Crippen molar-refractivity contribution >= 4 is 48.9 Å². The molecule has 0 fully saturated rings. The number of halogens is 2. The standard InChI is InChI=1S/C10H15BrClNO3S2/c1-7(2)16-5-4-13(3)18(14,15)9-6-8(12)10(11)17-9/h6-7H,4-5H2,1-3H3. The van der Waals surface area contributed by atoms with E-state index >= 15 is 0 Å². The lowest BCUT2D eigenvalue weighted by atomic mass is 10.5. The van der Waals surface area contributed by atoms with Gasteiger partial charge in [0.1, 0.15) is 4.21 Å². The van der Waals surface area contributed by atoms with Gasteiger partial charge in [0, 0.05) is 13.6 Å². The normalized spacial score (nSPS) is 12.6. The number of nitrogens with zero attached hydrogens (tertiary/aromatic N) is 1. The van der Waals surface area contributed by atoms with Crippen LogP contribution in [0.15, 0.2) is 14.1 Å². The summed E-state index contributed by atoms with van der Waals surface area (Å²) in [6.45, 7) is 4.50. The molecule has 0 saturated carbocycles. The molecule has 4 nitrogen and oxygen atoms in total. The minimum Gasteiger partial charge on any atom is -0.377 e. The quantitative estimate of drug-likeness (QED) is 0.766. The molecule has 0 amide bonds. The summed E-state index contributed by atoms with van der Waals surface area (Å²) in [5.41, 5.74) is 0. The van der Waals surface area contributed by atoms with E-state index < -0.39 is 10.0 Å². The second kappa shape index (κ2) is 6.67. The van der Waals surface area contributed by atoms with Gasteiger partial charge in [-0.2, -0.15) is 4.31 Å². The highest BCUT2D eigenvalue weighted by Crippen LogP contribution is 2.35. The summed E-state index contributed by atoms with van der Waals surface area (Å²) >= 11 is 10.2. The maximum Gasteiger partial charge on any atom is 0.252 e. The lowest BCUT2D eigenvalue weighted by molar-refractivity contribution is 0.0737. The Morgan fingerprint density at radius 3 is 2.61 bits per heavy atom. The van der Waals surface area contributed by atoms with Gasteiger partial charge in [0.15, 0.2) is 0 Å². The summed E-state index contributed by atoms with van der Waals surface area (Å²) in [6, 6.07) is 1.45. The van der Waals surface area contributed by atoms with Crippen LogP contribution < -0.4 is 0 Å². The van der Waals surface area contributed by atoms with Crippen LogP contribution in [-0.4, -0.2) is 39.0 Å². The van der Waals surface area contributed by atoms with Crippen molar-refractivity contribution in [1.82, 2.24) is 4.31 Å². The first-order valence-corrected chi connectivity index (χ1v) is 8.70. The first kappa shape index (κ1) is 16.4. The van der Waals surface area contributed by atoms with Crippen molar-refractivity contribution in [2.45, 2.75) is 24.2 Å². The number of likely N-dealkylation sites (N-methyl/N-ethyl adjacent to an activating group) is 1. The van der Waals surface area contributed by atoms with Crippen LogP contribution >= 0.6 is 38.9 Å². The number of hydrogen-bond donors (Lipinski definition) is 0. The average Bonchev–Trinajstić information content (AvgIpc) is 2.59. The van der Waals surface area contributed by atoms with Crippen LogP contribution in [0.4, 0.5) is 0 Å². The van der Waals surface area contributed by atoms with Crippen molar-refractivity contribution in [2.75, 3.05) is 20.2 Å². The first-order valence-electron chi connectivity index (χ1n) is 5.28. The number of hydrogen-bond acceptors (Lipinski definition) is 4. The van der Waals surface area contributed by atoms with Crippen LogP contribution in [0.3, 0.4) is 0 Å². The zero-order valence-corrected chi connectivity index (χ0v) is 14.3. The molecule has 1 heterocycles. The Hall–Kier alpha value is 0.340. The van der Waals surface area contributed by atoms with Gasteiger partial charge in [0.05, 0.1) is 21.5 Å². The zero-order valence-electron chi connectivity index (χ0n) is 10.3. The van der Waals surface area contributed by atoms with Crippen LogP contribution in [0.2, 0.25) is 5.02 Å². The van der Waals surface area contributed by atoms with E-state index in [-0.39, 0.29) is 10.3 Å². The first-order chi connectivity index (χ1) is 8.25. The van der Waals surface area contributed by atoms with Gasteiger partial charge in [-0.05, 0) is 35.8 Å². The molecule has 0 unspecified atom stereocenters.